The molecular formula is C6H12O5S. The van der Waals surface area contributed by atoms with Crippen LogP contribution in [-0.2, 0) is 0 Å². The molecular weight excluding hydrogens is 184 g/mol. The SMILES string of the molecule is OC[C@@H](O)[C@H](O)[C@H](O)[C@H](O)C=S. The molecule has 0 aromatic carbocycles. The molecule has 5 nitrogen and oxygen atoms in total. The van der Waals surface area contributed by atoms with Crippen LogP contribution < -0.4 is 0 Å². The highest BCUT2D eigenvalue weighted by Crippen LogP contribution is 2.03. The van der Waals surface area contributed by atoms with E-state index in [1.165, 1.54) is 0 Å². The first kappa shape index (κ1) is 11.9. The van der Waals surface area contributed by atoms with Crippen LogP contribution in [0.4, 0.5) is 0 Å². The zero-order chi connectivity index (χ0) is 9.72. The van der Waals surface area contributed by atoms with Crippen LogP contribution in [0.2, 0.25) is 0 Å². The van der Waals surface area contributed by atoms with E-state index in [1.807, 2.05) is 0 Å². The molecule has 4 atom stereocenters. The van der Waals surface area contributed by atoms with Crippen LogP contribution >= 0.6 is 12.2 Å². The van der Waals surface area contributed by atoms with Crippen LogP contribution in [0.25, 0.3) is 0 Å². The van der Waals surface area contributed by atoms with Gasteiger partial charge in [-0.15, -0.1) is 0 Å². The van der Waals surface area contributed by atoms with Gasteiger partial charge in [0.1, 0.15) is 24.4 Å². The van der Waals surface area contributed by atoms with E-state index in [9.17, 15) is 0 Å². The molecule has 0 fully saturated rings. The minimum absolute atomic E-state index is 0.692. The lowest BCUT2D eigenvalue weighted by atomic mass is 10.0. The highest BCUT2D eigenvalue weighted by Gasteiger charge is 2.28. The minimum Gasteiger partial charge on any atom is -0.394 e. The van der Waals surface area contributed by atoms with Gasteiger partial charge in [0.2, 0.25) is 0 Å². The topological polar surface area (TPSA) is 101 Å². The van der Waals surface area contributed by atoms with Gasteiger partial charge in [0.15, 0.2) is 0 Å². The predicted octanol–water partition coefficient (Wildman–Crippen LogP) is -2.58. The Morgan fingerprint density at radius 1 is 1.08 bits per heavy atom. The van der Waals surface area contributed by atoms with Crippen molar-refractivity contribution in [2.45, 2.75) is 24.4 Å². The predicted molar refractivity (Wildman–Crippen MR) is 44.8 cm³/mol. The number of aliphatic hydroxyl groups excluding tert-OH is 5. The van der Waals surface area contributed by atoms with Gasteiger partial charge in [-0.2, -0.15) is 0 Å². The maximum Gasteiger partial charge on any atom is 0.113 e. The van der Waals surface area contributed by atoms with Gasteiger partial charge in [0.25, 0.3) is 0 Å². The lowest BCUT2D eigenvalue weighted by Gasteiger charge is -2.23. The van der Waals surface area contributed by atoms with Gasteiger partial charge in [-0.05, 0) is 0 Å². The van der Waals surface area contributed by atoms with Gasteiger partial charge in [-0.3, -0.25) is 0 Å². The Morgan fingerprint density at radius 3 is 1.92 bits per heavy atom. The Labute approximate surface area is 74.9 Å². The van der Waals surface area contributed by atoms with Gasteiger partial charge < -0.3 is 25.5 Å². The molecule has 0 aliphatic heterocycles. The first-order chi connectivity index (χ1) is 5.54. The van der Waals surface area contributed by atoms with E-state index >= 15 is 0 Å². The molecule has 0 unspecified atom stereocenters. The lowest BCUT2D eigenvalue weighted by molar-refractivity contribution is -0.0996. The standard InChI is InChI=1S/C6H12O5S/c7-1-3(8)5(10)6(11)4(9)2-12/h2-11H,1H2/t3-,4-,5+,6-/m1/s1. The monoisotopic (exact) mass is 196 g/mol. The molecule has 0 saturated carbocycles. The molecule has 0 aromatic heterocycles. The summed E-state index contributed by atoms with van der Waals surface area (Å²) in [5, 5.41) is 44.9. The summed E-state index contributed by atoms with van der Waals surface area (Å²) in [5.41, 5.74) is 0. The van der Waals surface area contributed by atoms with E-state index in [1.54, 1.807) is 0 Å². The van der Waals surface area contributed by atoms with Gasteiger partial charge in [-0.25, -0.2) is 0 Å². The second kappa shape index (κ2) is 5.52. The summed E-state index contributed by atoms with van der Waals surface area (Å²) in [7, 11) is 0. The van der Waals surface area contributed by atoms with Crippen molar-refractivity contribution in [3.8, 4) is 0 Å². The van der Waals surface area contributed by atoms with Crippen molar-refractivity contribution in [1.82, 2.24) is 0 Å². The molecule has 0 rings (SSSR count). The molecule has 0 aliphatic rings. The third kappa shape index (κ3) is 3.10. The highest BCUT2D eigenvalue weighted by molar-refractivity contribution is 7.79. The normalized spacial score (nSPS) is 21.1. The van der Waals surface area contributed by atoms with Gasteiger partial charge in [0.05, 0.1) is 6.61 Å². The lowest BCUT2D eigenvalue weighted by Crippen LogP contribution is -2.46. The third-order valence-electron chi connectivity index (χ3n) is 1.42. The summed E-state index contributed by atoms with van der Waals surface area (Å²) in [5.74, 6) is 0. The smallest absolute Gasteiger partial charge is 0.113 e. The molecule has 0 aromatic rings. The van der Waals surface area contributed by atoms with Crippen molar-refractivity contribution >= 4 is 17.6 Å². The maximum absolute atomic E-state index is 9.02. The Morgan fingerprint density at radius 2 is 1.58 bits per heavy atom. The van der Waals surface area contributed by atoms with Crippen molar-refractivity contribution in [3.05, 3.63) is 0 Å². The summed E-state index contributed by atoms with van der Waals surface area (Å²) in [6.07, 6.45) is -6.06. The van der Waals surface area contributed by atoms with Crippen LogP contribution in [-0.4, -0.2) is 61.9 Å². The molecule has 0 bridgehead atoms. The zero-order valence-electron chi connectivity index (χ0n) is 6.24. The fourth-order valence-corrected chi connectivity index (χ4v) is 0.779. The molecule has 0 amide bonds. The van der Waals surface area contributed by atoms with Crippen molar-refractivity contribution in [3.63, 3.8) is 0 Å². The third-order valence-corrected chi connectivity index (χ3v) is 1.70. The zero-order valence-corrected chi connectivity index (χ0v) is 7.05. The van der Waals surface area contributed by atoms with Crippen LogP contribution in [0.3, 0.4) is 0 Å². The van der Waals surface area contributed by atoms with E-state index in [2.05, 4.69) is 12.2 Å². The molecule has 6 heteroatoms. The number of hydrogen-bond acceptors (Lipinski definition) is 6. The average Bonchev–Trinajstić information content (AvgIpc) is 2.12. The van der Waals surface area contributed by atoms with E-state index in [0.717, 1.165) is 5.37 Å². The molecule has 0 aliphatic carbocycles. The van der Waals surface area contributed by atoms with Gasteiger partial charge in [0, 0.05) is 5.37 Å². The van der Waals surface area contributed by atoms with Gasteiger partial charge >= 0.3 is 0 Å². The summed E-state index contributed by atoms with van der Waals surface area (Å²) in [4.78, 5) is 0. The average molecular weight is 196 g/mol. The van der Waals surface area contributed by atoms with Crippen LogP contribution in [0.1, 0.15) is 0 Å². The Bertz CT molecular complexity index is 142. The second-order valence-corrected chi connectivity index (χ2v) is 2.63. The number of aliphatic hydroxyl groups is 5. The van der Waals surface area contributed by atoms with Crippen LogP contribution in [0.5, 0.6) is 0 Å². The van der Waals surface area contributed by atoms with Crippen LogP contribution in [0.15, 0.2) is 0 Å². The minimum atomic E-state index is -1.61. The first-order valence-corrected chi connectivity index (χ1v) is 3.80. The molecule has 5 N–H and O–H groups in total. The molecule has 0 saturated heterocycles. The van der Waals surface area contributed by atoms with Crippen molar-refractivity contribution in [2.24, 2.45) is 0 Å². The van der Waals surface area contributed by atoms with Crippen LogP contribution in [0, 0.1) is 0 Å². The molecule has 0 radical (unpaired) electrons. The number of rotatable bonds is 5. The van der Waals surface area contributed by atoms with E-state index in [-0.39, 0.29) is 0 Å². The number of thiocarbonyl (C=S) groups is 1. The Hall–Kier alpha value is -0.110. The fourth-order valence-electron chi connectivity index (χ4n) is 0.618. The molecule has 0 heterocycles. The van der Waals surface area contributed by atoms with E-state index in [4.69, 9.17) is 25.5 Å². The van der Waals surface area contributed by atoms with E-state index in [0.29, 0.717) is 0 Å². The number of hydrogen-bond donors (Lipinski definition) is 5. The van der Waals surface area contributed by atoms with Crippen molar-refractivity contribution < 1.29 is 25.5 Å². The van der Waals surface area contributed by atoms with Crippen molar-refractivity contribution in [2.75, 3.05) is 6.61 Å². The quantitative estimate of drug-likeness (QED) is 0.310. The summed E-state index contributed by atoms with van der Waals surface area (Å²) in [6.45, 7) is -0.692. The molecule has 12 heavy (non-hydrogen) atoms. The van der Waals surface area contributed by atoms with Crippen molar-refractivity contribution in [1.29, 1.82) is 0 Å². The Kier molecular flexibility index (Phi) is 5.47. The van der Waals surface area contributed by atoms with Gasteiger partial charge in [-0.1, -0.05) is 12.2 Å². The Balaban J connectivity index is 4.07. The first-order valence-electron chi connectivity index (χ1n) is 3.33. The molecule has 72 valence electrons. The highest BCUT2D eigenvalue weighted by atomic mass is 32.1. The summed E-state index contributed by atoms with van der Waals surface area (Å²) >= 11 is 4.30. The maximum atomic E-state index is 9.02. The second-order valence-electron chi connectivity index (χ2n) is 2.36. The fraction of sp³-hybridized carbons (Fsp3) is 0.833. The molecule has 0 spiro atoms. The summed E-state index contributed by atoms with van der Waals surface area (Å²) < 4.78 is 0. The van der Waals surface area contributed by atoms with E-state index < -0.39 is 31.0 Å². The largest absolute Gasteiger partial charge is 0.394 e. The summed E-state index contributed by atoms with van der Waals surface area (Å²) in [6, 6.07) is 0.